The van der Waals surface area contributed by atoms with E-state index in [2.05, 4.69) is 32.3 Å². The third kappa shape index (κ3) is 5.51. The largest absolute Gasteiger partial charge is 0.334 e. The number of urea groups is 1. The van der Waals surface area contributed by atoms with E-state index in [9.17, 15) is 14.4 Å². The predicted octanol–water partition coefficient (Wildman–Crippen LogP) is 3.30. The lowest BCUT2D eigenvalue weighted by atomic mass is 9.98. The lowest BCUT2D eigenvalue weighted by molar-refractivity contribution is -0.189. The Morgan fingerprint density at radius 3 is 2.73 bits per heavy atom. The molecule has 2 atom stereocenters. The molecule has 5 aromatic rings. The number of nitrogens with one attached hydrogen (secondary N) is 2. The van der Waals surface area contributed by atoms with Crippen molar-refractivity contribution in [2.75, 3.05) is 19.6 Å². The monoisotopic (exact) mass is 621 g/mol. The van der Waals surface area contributed by atoms with Crippen LogP contribution < -0.4 is 5.32 Å². The molecule has 2 aliphatic heterocycles. The van der Waals surface area contributed by atoms with Crippen molar-refractivity contribution in [3.05, 3.63) is 102 Å². The van der Waals surface area contributed by atoms with Gasteiger partial charge in [0.1, 0.15) is 23.2 Å². The highest BCUT2D eigenvalue weighted by Gasteiger charge is 2.51. The SMILES string of the molecule is C=CCN1CC(=O)N2[C@@H](Cc3ccc4n[nH]nc4c3)C(=O)N(Cc3cccc4scnc34)C[C@@H]2N1C(=O)NCc1ccccc1. The number of carbonyl (C=O) groups excluding carboxylic acids is 3. The van der Waals surface area contributed by atoms with Gasteiger partial charge >= 0.3 is 6.03 Å². The molecule has 2 N–H and O–H groups in total. The second-order valence-corrected chi connectivity index (χ2v) is 12.0. The topological polar surface area (TPSA) is 131 Å². The number of fused-ring (bicyclic) bond motifs is 3. The Bertz CT molecular complexity index is 1890. The molecule has 12 nitrogen and oxygen atoms in total. The smallest absolute Gasteiger partial charge is 0.333 e. The van der Waals surface area contributed by atoms with Crippen molar-refractivity contribution >= 4 is 50.4 Å². The number of carbonyl (C=O) groups is 3. The van der Waals surface area contributed by atoms with Crippen molar-refractivity contribution in [2.24, 2.45) is 0 Å². The molecule has 0 aliphatic carbocycles. The van der Waals surface area contributed by atoms with Crippen molar-refractivity contribution in [2.45, 2.75) is 31.7 Å². The van der Waals surface area contributed by atoms with Crippen LogP contribution in [-0.2, 0) is 29.1 Å². The zero-order valence-corrected chi connectivity index (χ0v) is 25.2. The predicted molar refractivity (Wildman–Crippen MR) is 169 cm³/mol. The summed E-state index contributed by atoms with van der Waals surface area (Å²) < 4.78 is 1.03. The van der Waals surface area contributed by atoms with Crippen LogP contribution in [0.5, 0.6) is 0 Å². The average Bonchev–Trinajstić information content (AvgIpc) is 3.73. The third-order valence-electron chi connectivity index (χ3n) is 8.28. The van der Waals surface area contributed by atoms with E-state index in [1.165, 1.54) is 0 Å². The first-order valence-corrected chi connectivity index (χ1v) is 15.6. The van der Waals surface area contributed by atoms with Crippen LogP contribution in [0.1, 0.15) is 16.7 Å². The van der Waals surface area contributed by atoms with Gasteiger partial charge in [-0.3, -0.25) is 9.59 Å². The molecule has 0 saturated carbocycles. The van der Waals surface area contributed by atoms with E-state index >= 15 is 0 Å². The van der Waals surface area contributed by atoms with Gasteiger partial charge in [-0.1, -0.05) is 54.6 Å². The summed E-state index contributed by atoms with van der Waals surface area (Å²) in [7, 11) is 0. The van der Waals surface area contributed by atoms with Gasteiger partial charge in [0, 0.05) is 26.1 Å². The molecular weight excluding hydrogens is 590 g/mol. The molecule has 2 fully saturated rings. The fraction of sp³-hybridized carbons (Fsp3) is 0.250. The Kier molecular flexibility index (Phi) is 7.69. The van der Waals surface area contributed by atoms with E-state index in [1.807, 2.05) is 66.7 Å². The summed E-state index contributed by atoms with van der Waals surface area (Å²) in [5.41, 5.74) is 6.70. The first-order chi connectivity index (χ1) is 22.0. The number of amides is 4. The summed E-state index contributed by atoms with van der Waals surface area (Å²) in [4.78, 5) is 50.1. The number of piperazine rings is 1. The molecule has 45 heavy (non-hydrogen) atoms. The van der Waals surface area contributed by atoms with Gasteiger partial charge in [0.15, 0.2) is 0 Å². The molecule has 0 unspecified atom stereocenters. The molecule has 0 spiro atoms. The molecule has 2 aliphatic rings. The third-order valence-corrected chi connectivity index (χ3v) is 9.07. The first-order valence-electron chi connectivity index (χ1n) is 14.7. The quantitative estimate of drug-likeness (QED) is 0.254. The average molecular weight is 622 g/mol. The number of aromatic nitrogens is 4. The summed E-state index contributed by atoms with van der Waals surface area (Å²) in [5, 5.41) is 17.3. The molecule has 4 amide bonds. The number of nitrogens with zero attached hydrogens (tertiary/aromatic N) is 7. The van der Waals surface area contributed by atoms with Gasteiger partial charge in [-0.25, -0.2) is 19.8 Å². The molecular formula is C32H31N9O3S. The molecule has 0 radical (unpaired) electrons. The minimum atomic E-state index is -0.842. The highest BCUT2D eigenvalue weighted by molar-refractivity contribution is 7.16. The number of H-pyrrole nitrogens is 1. The van der Waals surface area contributed by atoms with Crippen LogP contribution in [0.25, 0.3) is 21.3 Å². The Labute approximate surface area is 262 Å². The molecule has 7 rings (SSSR count). The summed E-state index contributed by atoms with van der Waals surface area (Å²) in [6.45, 7) is 4.82. The first kappa shape index (κ1) is 28.6. The van der Waals surface area contributed by atoms with Gasteiger partial charge < -0.3 is 15.1 Å². The molecule has 0 bridgehead atoms. The number of rotatable bonds is 8. The maximum atomic E-state index is 14.3. The summed E-state index contributed by atoms with van der Waals surface area (Å²) >= 11 is 1.54. The van der Waals surface area contributed by atoms with Crippen LogP contribution >= 0.6 is 11.3 Å². The highest BCUT2D eigenvalue weighted by atomic mass is 32.1. The van der Waals surface area contributed by atoms with Crippen molar-refractivity contribution < 1.29 is 14.4 Å². The minimum absolute atomic E-state index is 0.0640. The molecule has 4 heterocycles. The van der Waals surface area contributed by atoms with Gasteiger partial charge in [0.2, 0.25) is 11.8 Å². The number of para-hydroxylation sites is 1. The van der Waals surface area contributed by atoms with Gasteiger partial charge in [0.25, 0.3) is 0 Å². The Balaban J connectivity index is 1.25. The highest BCUT2D eigenvalue weighted by Crippen LogP contribution is 2.31. The van der Waals surface area contributed by atoms with E-state index in [0.717, 1.165) is 26.9 Å². The standard InChI is InChI=1S/C32H31N9O3S/c1-2-13-39-19-29(42)40-26(15-22-11-12-24-25(14-22)36-37-35-24)31(43)38(17-23-9-6-10-27-30(23)34-20-45-27)18-28(40)41(39)32(44)33-16-21-7-4-3-5-8-21/h2-12,14,20,26,28H,1,13,15-19H2,(H,33,44)(H,35,36,37)/t26-,28-/m0/s1. The van der Waals surface area contributed by atoms with E-state index in [4.69, 9.17) is 0 Å². The van der Waals surface area contributed by atoms with Gasteiger partial charge in [-0.2, -0.15) is 15.4 Å². The van der Waals surface area contributed by atoms with Crippen LogP contribution in [0.4, 0.5) is 4.79 Å². The van der Waals surface area contributed by atoms with Crippen LogP contribution in [0, 0.1) is 0 Å². The number of thiazole rings is 1. The lowest BCUT2D eigenvalue weighted by Gasteiger charge is -2.55. The molecule has 228 valence electrons. The Morgan fingerprint density at radius 2 is 1.89 bits per heavy atom. The van der Waals surface area contributed by atoms with Gasteiger partial charge in [-0.15, -0.1) is 17.9 Å². The lowest BCUT2D eigenvalue weighted by Crippen LogP contribution is -2.76. The molecule has 2 aromatic heterocycles. The van der Waals surface area contributed by atoms with E-state index in [1.54, 1.807) is 42.7 Å². The van der Waals surface area contributed by atoms with E-state index in [0.29, 0.717) is 17.6 Å². The normalized spacial score (nSPS) is 18.9. The van der Waals surface area contributed by atoms with Crippen molar-refractivity contribution in [3.8, 4) is 0 Å². The second kappa shape index (κ2) is 12.1. The van der Waals surface area contributed by atoms with Crippen LogP contribution in [0.3, 0.4) is 0 Å². The van der Waals surface area contributed by atoms with Crippen LogP contribution in [-0.4, -0.2) is 89.9 Å². The van der Waals surface area contributed by atoms with Gasteiger partial charge in [0.05, 0.1) is 28.8 Å². The second-order valence-electron chi connectivity index (χ2n) is 11.1. The van der Waals surface area contributed by atoms with Crippen molar-refractivity contribution in [1.29, 1.82) is 0 Å². The summed E-state index contributed by atoms with van der Waals surface area (Å²) in [6.07, 6.45) is 1.18. The number of hydrogen-bond acceptors (Lipinski definition) is 8. The number of aromatic amines is 1. The maximum Gasteiger partial charge on any atom is 0.334 e. The molecule has 2 saturated heterocycles. The van der Waals surface area contributed by atoms with Crippen molar-refractivity contribution in [1.82, 2.24) is 45.5 Å². The Hall–Kier alpha value is -5.14. The summed E-state index contributed by atoms with van der Waals surface area (Å²) in [5.74, 6) is -0.412. The maximum absolute atomic E-state index is 14.3. The molecule has 13 heteroatoms. The Morgan fingerprint density at radius 1 is 1.04 bits per heavy atom. The van der Waals surface area contributed by atoms with E-state index < -0.39 is 12.2 Å². The van der Waals surface area contributed by atoms with Crippen LogP contribution in [0.15, 0.2) is 84.9 Å². The van der Waals surface area contributed by atoms with Crippen LogP contribution in [0.2, 0.25) is 0 Å². The van der Waals surface area contributed by atoms with Gasteiger partial charge in [-0.05, 0) is 34.9 Å². The van der Waals surface area contributed by atoms with Crippen molar-refractivity contribution in [3.63, 3.8) is 0 Å². The number of hydrazine groups is 1. The fourth-order valence-corrected chi connectivity index (χ4v) is 6.94. The zero-order valence-electron chi connectivity index (χ0n) is 24.4. The van der Waals surface area contributed by atoms with E-state index in [-0.39, 0.29) is 50.4 Å². The zero-order chi connectivity index (χ0) is 30.9. The number of benzene rings is 3. The summed E-state index contributed by atoms with van der Waals surface area (Å²) in [6, 6.07) is 20.0. The number of hydrogen-bond donors (Lipinski definition) is 2. The molecule has 3 aromatic carbocycles. The minimum Gasteiger partial charge on any atom is -0.333 e. The fourth-order valence-electron chi connectivity index (χ4n) is 6.21.